The molecule has 0 amide bonds. The summed E-state index contributed by atoms with van der Waals surface area (Å²) in [7, 11) is 1.66. The van der Waals surface area contributed by atoms with E-state index in [0.29, 0.717) is 23.5 Å². The molecule has 1 atom stereocenters. The van der Waals surface area contributed by atoms with Crippen molar-refractivity contribution in [2.75, 3.05) is 31.6 Å². The highest BCUT2D eigenvalue weighted by atomic mass is 19.1. The molecule has 0 bridgehead atoms. The zero-order valence-corrected chi connectivity index (χ0v) is 18.2. The molecular formula is C25H27FN4O. The molecular weight excluding hydrogens is 391 g/mol. The number of nitrogens with one attached hydrogen (secondary N) is 1. The normalized spacial score (nSPS) is 19.6. The number of fused-ring (bicyclic) bond motifs is 5. The number of hydrogen-bond donors (Lipinski definition) is 1. The van der Waals surface area contributed by atoms with Crippen molar-refractivity contribution in [3.8, 4) is 17.0 Å². The van der Waals surface area contributed by atoms with E-state index >= 15 is 4.39 Å². The Kier molecular flexibility index (Phi) is 4.15. The van der Waals surface area contributed by atoms with Crippen LogP contribution < -0.4 is 15.0 Å². The zero-order valence-electron chi connectivity index (χ0n) is 18.2. The van der Waals surface area contributed by atoms with Crippen LogP contribution in [0.25, 0.3) is 33.1 Å². The number of pyridine rings is 1. The summed E-state index contributed by atoms with van der Waals surface area (Å²) in [5.74, 6) is 0.387. The molecule has 2 fully saturated rings. The molecule has 0 radical (unpaired) electrons. The molecule has 2 aromatic carbocycles. The van der Waals surface area contributed by atoms with E-state index in [1.54, 1.807) is 13.2 Å². The number of anilines is 1. The topological polar surface area (TPSA) is 42.3 Å². The first-order valence-electron chi connectivity index (χ1n) is 11.1. The van der Waals surface area contributed by atoms with Crippen LogP contribution in [0.1, 0.15) is 31.4 Å². The van der Waals surface area contributed by atoms with Crippen molar-refractivity contribution in [1.29, 1.82) is 0 Å². The van der Waals surface area contributed by atoms with Crippen LogP contribution in [-0.2, 0) is 0 Å². The van der Waals surface area contributed by atoms with Crippen molar-refractivity contribution in [3.05, 3.63) is 41.8 Å². The van der Waals surface area contributed by atoms with E-state index in [2.05, 4.69) is 53.0 Å². The number of methoxy groups -OCH3 is 1. The van der Waals surface area contributed by atoms with Crippen molar-refractivity contribution < 1.29 is 9.13 Å². The third kappa shape index (κ3) is 2.88. The van der Waals surface area contributed by atoms with Gasteiger partial charge in [-0.05, 0) is 44.9 Å². The Hall–Kier alpha value is -2.86. The second-order valence-electron chi connectivity index (χ2n) is 9.10. The lowest BCUT2D eigenvalue weighted by atomic mass is 10.0. The summed E-state index contributed by atoms with van der Waals surface area (Å²) in [5, 5.41) is 5.40. The van der Waals surface area contributed by atoms with Crippen LogP contribution in [0.2, 0.25) is 0 Å². The zero-order chi connectivity index (χ0) is 21.3. The van der Waals surface area contributed by atoms with Crippen LogP contribution in [-0.4, -0.2) is 42.3 Å². The molecule has 2 aromatic rings. The lowest BCUT2D eigenvalue weighted by molar-refractivity contribution is 0.407. The fraction of sp³-hybridized carbons (Fsp3) is 0.400. The molecule has 1 unspecified atom stereocenters. The molecule has 4 aliphatic rings. The Balaban J connectivity index is 1.70. The van der Waals surface area contributed by atoms with Crippen molar-refractivity contribution in [1.82, 2.24) is 14.9 Å². The average molecular weight is 419 g/mol. The third-order valence-corrected chi connectivity index (χ3v) is 6.72. The number of hydrogen-bond acceptors (Lipinski definition) is 4. The Morgan fingerprint density at radius 1 is 1.19 bits per heavy atom. The van der Waals surface area contributed by atoms with E-state index in [-0.39, 0.29) is 5.82 Å². The Morgan fingerprint density at radius 3 is 2.77 bits per heavy atom. The molecule has 0 spiro atoms. The minimum atomic E-state index is -0.239. The van der Waals surface area contributed by atoms with Gasteiger partial charge < -0.3 is 19.5 Å². The lowest BCUT2D eigenvalue weighted by Gasteiger charge is -2.35. The maximum atomic E-state index is 15.7. The van der Waals surface area contributed by atoms with E-state index < -0.39 is 0 Å². The number of piperazine rings is 1. The SMILES string of the molecule is COc1c(N2CCNC(C)C2)c(F)cc2c3nc4ccc(C)cc4c-3cn(C3CC3)c12. The maximum Gasteiger partial charge on any atom is 0.169 e. The van der Waals surface area contributed by atoms with Gasteiger partial charge in [0, 0.05) is 54.3 Å². The summed E-state index contributed by atoms with van der Waals surface area (Å²) in [6, 6.07) is 8.73. The minimum absolute atomic E-state index is 0.239. The number of aromatic nitrogens is 2. The van der Waals surface area contributed by atoms with E-state index in [0.717, 1.165) is 65.5 Å². The molecule has 6 rings (SSSR count). The van der Waals surface area contributed by atoms with Crippen LogP contribution in [0.15, 0.2) is 30.5 Å². The summed E-state index contributed by atoms with van der Waals surface area (Å²) >= 11 is 0. The van der Waals surface area contributed by atoms with Gasteiger partial charge in [-0.15, -0.1) is 0 Å². The molecule has 5 nitrogen and oxygen atoms in total. The van der Waals surface area contributed by atoms with Gasteiger partial charge >= 0.3 is 0 Å². The fourth-order valence-corrected chi connectivity index (χ4v) is 5.12. The predicted molar refractivity (Wildman–Crippen MR) is 123 cm³/mol. The first kappa shape index (κ1) is 18.9. The molecule has 160 valence electrons. The van der Waals surface area contributed by atoms with Crippen LogP contribution >= 0.6 is 0 Å². The molecule has 1 saturated carbocycles. The molecule has 6 heteroatoms. The highest BCUT2D eigenvalue weighted by Crippen LogP contribution is 2.48. The van der Waals surface area contributed by atoms with Crippen LogP contribution in [0.4, 0.5) is 10.1 Å². The number of nitrogens with zero attached hydrogens (tertiary/aromatic N) is 3. The molecule has 1 aliphatic carbocycles. The van der Waals surface area contributed by atoms with Crippen molar-refractivity contribution >= 4 is 27.5 Å². The molecule has 3 heterocycles. The van der Waals surface area contributed by atoms with E-state index in [1.165, 1.54) is 5.56 Å². The second kappa shape index (κ2) is 6.82. The standard InChI is InChI=1S/C25H27FN4O/c1-14-4-7-21-17(10-14)19-13-30(16-5-6-16)23-18(22(19)28-21)11-20(26)24(25(23)31-3)29-9-8-27-15(2)12-29/h4,7,10-11,13,15-16,27H,5-6,8-9,12H2,1-3H3. The van der Waals surface area contributed by atoms with E-state index in [9.17, 15) is 0 Å². The van der Waals surface area contributed by atoms with Gasteiger partial charge in [0.15, 0.2) is 11.6 Å². The summed E-state index contributed by atoms with van der Waals surface area (Å²) in [5.41, 5.74) is 5.62. The molecule has 0 aromatic heterocycles. The van der Waals surface area contributed by atoms with E-state index in [1.807, 2.05) is 0 Å². The molecule has 3 aliphatic heterocycles. The average Bonchev–Trinajstić information content (AvgIpc) is 3.53. The van der Waals surface area contributed by atoms with Gasteiger partial charge in [0.1, 0.15) is 5.69 Å². The largest absolute Gasteiger partial charge is 0.492 e. The van der Waals surface area contributed by atoms with Crippen LogP contribution in [0, 0.1) is 12.7 Å². The number of rotatable bonds is 3. The first-order chi connectivity index (χ1) is 15.0. The summed E-state index contributed by atoms with van der Waals surface area (Å²) in [6.07, 6.45) is 4.49. The summed E-state index contributed by atoms with van der Waals surface area (Å²) < 4.78 is 23.9. The first-order valence-corrected chi connectivity index (χ1v) is 11.1. The van der Waals surface area contributed by atoms with Crippen molar-refractivity contribution in [2.24, 2.45) is 0 Å². The van der Waals surface area contributed by atoms with Gasteiger partial charge in [-0.25, -0.2) is 9.37 Å². The lowest BCUT2D eigenvalue weighted by Crippen LogP contribution is -2.49. The predicted octanol–water partition coefficient (Wildman–Crippen LogP) is 4.88. The van der Waals surface area contributed by atoms with Crippen molar-refractivity contribution in [3.63, 3.8) is 0 Å². The third-order valence-electron chi connectivity index (χ3n) is 6.72. The Labute approximate surface area is 181 Å². The number of ether oxygens (including phenoxy) is 1. The molecule has 1 saturated heterocycles. The Morgan fingerprint density at radius 2 is 2.03 bits per heavy atom. The number of aryl methyl sites for hydroxylation is 1. The second-order valence-corrected chi connectivity index (χ2v) is 9.10. The monoisotopic (exact) mass is 418 g/mol. The molecule has 31 heavy (non-hydrogen) atoms. The van der Waals surface area contributed by atoms with Crippen LogP contribution in [0.5, 0.6) is 5.75 Å². The highest BCUT2D eigenvalue weighted by molar-refractivity contribution is 6.09. The van der Waals surface area contributed by atoms with Crippen molar-refractivity contribution in [2.45, 2.75) is 38.8 Å². The van der Waals surface area contributed by atoms with Gasteiger partial charge in [-0.2, -0.15) is 0 Å². The number of halogens is 1. The van der Waals surface area contributed by atoms with E-state index in [4.69, 9.17) is 9.72 Å². The molecule has 1 N–H and O–H groups in total. The van der Waals surface area contributed by atoms with Crippen LogP contribution in [0.3, 0.4) is 0 Å². The van der Waals surface area contributed by atoms with Gasteiger partial charge in [0.05, 0.1) is 23.8 Å². The summed E-state index contributed by atoms with van der Waals surface area (Å²) in [4.78, 5) is 7.04. The quantitative estimate of drug-likeness (QED) is 0.515. The van der Waals surface area contributed by atoms with Gasteiger partial charge in [-0.1, -0.05) is 11.6 Å². The van der Waals surface area contributed by atoms with Gasteiger partial charge in [-0.3, -0.25) is 0 Å². The highest BCUT2D eigenvalue weighted by Gasteiger charge is 2.32. The van der Waals surface area contributed by atoms with Gasteiger partial charge in [0.2, 0.25) is 0 Å². The number of benzene rings is 2. The smallest absolute Gasteiger partial charge is 0.169 e. The van der Waals surface area contributed by atoms with Gasteiger partial charge in [0.25, 0.3) is 0 Å². The fourth-order valence-electron chi connectivity index (χ4n) is 5.12. The Bertz CT molecular complexity index is 1290. The summed E-state index contributed by atoms with van der Waals surface area (Å²) in [6.45, 7) is 6.57. The maximum absolute atomic E-state index is 15.7. The minimum Gasteiger partial charge on any atom is -0.492 e.